The quantitative estimate of drug-likeness (QED) is 0.0105. The van der Waals surface area contributed by atoms with E-state index in [2.05, 4.69) is 50.3 Å². The van der Waals surface area contributed by atoms with E-state index in [1.54, 1.807) is 24.3 Å². The number of carbonyl (C=O) groups excluding carboxylic acids is 2. The number of allylic oxidation sites excluding steroid dienone is 10. The minimum Gasteiger partial charge on any atom is -0.462 e. The normalized spacial score (nSPS) is 23.0. The van der Waals surface area contributed by atoms with Gasteiger partial charge in [0, 0.05) is 12.8 Å². The molecule has 0 aromatic rings. The predicted octanol–water partition coefficient (Wildman–Crippen LogP) is 7.69. The number of aliphatic hydroxyl groups is 6. The van der Waals surface area contributed by atoms with Crippen LogP contribution in [-0.2, 0) is 32.7 Å². The Balaban J connectivity index is 2.56. The van der Waals surface area contributed by atoms with Gasteiger partial charge < -0.3 is 45.0 Å². The number of esters is 2. The van der Waals surface area contributed by atoms with E-state index < -0.39 is 81.8 Å². The van der Waals surface area contributed by atoms with Crippen molar-refractivity contribution in [3.05, 3.63) is 72.9 Å². The second-order valence-corrected chi connectivity index (χ2v) is 17.1. The summed E-state index contributed by atoms with van der Waals surface area (Å²) in [6.45, 7) is 3.02. The third-order valence-electron chi connectivity index (χ3n) is 10.2. The highest BCUT2D eigenvalue weighted by Gasteiger charge is 2.51. The number of phosphoric acid groups is 1. The standard InChI is InChI=1S/C47H79O14P/c1-3-5-7-9-11-13-15-17-19-21-23-25-28-32-38(48)33-29-27-31-34-40(49)58-36-39(37-59-62(56,57)61-47-45(54)43(52)42(51)44(53)46(47)55)60-41(50)35-30-26-24-22-20-18-16-14-12-10-8-6-4-2/h5,7,11,13,17,19,23,25,27-29,32,38-39,42-48,51-55H,3-4,6,8-10,12,14-16,18,20-22,24,26,30-31,33-37H2,1-2H3,(H,56,57)/b7-5-,13-11-,19-17-,25-23-,29-27-,32-28-/t38?,39-,42?,43-,44+,45-,46-,47?/m1/s1. The third-order valence-corrected chi connectivity index (χ3v) is 11.1. The zero-order valence-electron chi connectivity index (χ0n) is 37.2. The van der Waals surface area contributed by atoms with Gasteiger partial charge in [-0.15, -0.1) is 0 Å². The Hall–Kier alpha value is -2.75. The van der Waals surface area contributed by atoms with Crippen molar-refractivity contribution in [1.82, 2.24) is 0 Å². The van der Waals surface area contributed by atoms with Crippen molar-refractivity contribution in [3.63, 3.8) is 0 Å². The molecule has 0 spiro atoms. The van der Waals surface area contributed by atoms with Gasteiger partial charge >= 0.3 is 19.8 Å². The van der Waals surface area contributed by atoms with Gasteiger partial charge in [0.2, 0.25) is 0 Å². The molecule has 9 atom stereocenters. The Morgan fingerprint density at radius 3 is 1.68 bits per heavy atom. The van der Waals surface area contributed by atoms with E-state index in [-0.39, 0.29) is 12.8 Å². The summed E-state index contributed by atoms with van der Waals surface area (Å²) in [5.74, 6) is -1.28. The number of unbranched alkanes of at least 4 members (excludes halogenated alkanes) is 12. The third kappa shape index (κ3) is 28.8. The summed E-state index contributed by atoms with van der Waals surface area (Å²) < 4.78 is 33.4. The number of hydrogen-bond acceptors (Lipinski definition) is 13. The van der Waals surface area contributed by atoms with Crippen molar-refractivity contribution in [2.75, 3.05) is 13.2 Å². The number of rotatable bonds is 36. The molecule has 1 rings (SSSR count). The average Bonchev–Trinajstić information content (AvgIpc) is 3.25. The molecule has 0 saturated heterocycles. The molecule has 14 nitrogen and oxygen atoms in total. The molecule has 4 unspecified atom stereocenters. The van der Waals surface area contributed by atoms with Crippen LogP contribution >= 0.6 is 7.82 Å². The zero-order chi connectivity index (χ0) is 45.9. The summed E-state index contributed by atoms with van der Waals surface area (Å²) in [7, 11) is -5.16. The molecule has 0 aromatic heterocycles. The molecule has 1 aliphatic carbocycles. The fraction of sp³-hybridized carbons (Fsp3) is 0.702. The highest BCUT2D eigenvalue weighted by atomic mass is 31.2. The van der Waals surface area contributed by atoms with Gasteiger partial charge in [0.1, 0.15) is 43.2 Å². The molecule has 1 saturated carbocycles. The predicted molar refractivity (Wildman–Crippen MR) is 241 cm³/mol. The maximum absolute atomic E-state index is 12.8. The van der Waals surface area contributed by atoms with E-state index in [9.17, 15) is 49.7 Å². The van der Waals surface area contributed by atoms with E-state index >= 15 is 0 Å². The minimum atomic E-state index is -5.16. The number of phosphoric ester groups is 1. The van der Waals surface area contributed by atoms with Crippen LogP contribution in [0, 0.1) is 0 Å². The molecule has 0 radical (unpaired) electrons. The molecule has 1 aliphatic rings. The molecule has 62 heavy (non-hydrogen) atoms. The molecule has 0 bridgehead atoms. The van der Waals surface area contributed by atoms with Gasteiger partial charge in [0.25, 0.3) is 0 Å². The lowest BCUT2D eigenvalue weighted by Crippen LogP contribution is -2.64. The van der Waals surface area contributed by atoms with E-state index in [0.717, 1.165) is 51.4 Å². The smallest absolute Gasteiger partial charge is 0.462 e. The minimum absolute atomic E-state index is 0.0412. The van der Waals surface area contributed by atoms with Gasteiger partial charge in [-0.25, -0.2) is 4.57 Å². The molecule has 0 aliphatic heterocycles. The first kappa shape index (κ1) is 57.3. The van der Waals surface area contributed by atoms with Crippen molar-refractivity contribution in [2.24, 2.45) is 0 Å². The van der Waals surface area contributed by atoms with Crippen LogP contribution in [0.2, 0.25) is 0 Å². The lowest BCUT2D eigenvalue weighted by Gasteiger charge is -2.41. The molecular formula is C47H79O14P. The van der Waals surface area contributed by atoms with E-state index in [1.165, 1.54) is 51.4 Å². The van der Waals surface area contributed by atoms with E-state index in [1.807, 2.05) is 12.2 Å². The lowest BCUT2D eigenvalue weighted by atomic mass is 9.85. The Bertz CT molecular complexity index is 1380. The topological polar surface area (TPSA) is 230 Å². The van der Waals surface area contributed by atoms with Crippen LogP contribution in [0.5, 0.6) is 0 Å². The molecule has 15 heteroatoms. The molecule has 0 amide bonds. The summed E-state index contributed by atoms with van der Waals surface area (Å²) in [6, 6.07) is 0. The van der Waals surface area contributed by atoms with Crippen LogP contribution in [0.4, 0.5) is 0 Å². The lowest BCUT2D eigenvalue weighted by molar-refractivity contribution is -0.220. The molecule has 7 N–H and O–H groups in total. The van der Waals surface area contributed by atoms with Gasteiger partial charge in [-0.3, -0.25) is 18.6 Å². The van der Waals surface area contributed by atoms with Crippen LogP contribution in [0.25, 0.3) is 0 Å². The van der Waals surface area contributed by atoms with Gasteiger partial charge in [-0.05, 0) is 44.9 Å². The van der Waals surface area contributed by atoms with Crippen LogP contribution in [-0.4, -0.2) is 110 Å². The van der Waals surface area contributed by atoms with Crippen LogP contribution in [0.3, 0.4) is 0 Å². The van der Waals surface area contributed by atoms with Gasteiger partial charge in [0.15, 0.2) is 6.10 Å². The summed E-state index contributed by atoms with van der Waals surface area (Å²) >= 11 is 0. The number of carbonyl (C=O) groups is 2. The summed E-state index contributed by atoms with van der Waals surface area (Å²) in [5.41, 5.74) is 0. The molecular weight excluding hydrogens is 819 g/mol. The van der Waals surface area contributed by atoms with Crippen molar-refractivity contribution in [3.8, 4) is 0 Å². The first-order valence-electron chi connectivity index (χ1n) is 22.8. The monoisotopic (exact) mass is 899 g/mol. The zero-order valence-corrected chi connectivity index (χ0v) is 38.1. The van der Waals surface area contributed by atoms with Gasteiger partial charge in [0.05, 0.1) is 12.7 Å². The maximum atomic E-state index is 12.8. The number of aliphatic hydroxyl groups excluding tert-OH is 6. The van der Waals surface area contributed by atoms with Crippen LogP contribution < -0.4 is 0 Å². The van der Waals surface area contributed by atoms with Gasteiger partial charge in [-0.2, -0.15) is 0 Å². The summed E-state index contributed by atoms with van der Waals surface area (Å²) in [4.78, 5) is 35.6. The fourth-order valence-corrected chi connectivity index (χ4v) is 7.43. The second kappa shape index (κ2) is 36.6. The van der Waals surface area contributed by atoms with Crippen molar-refractivity contribution < 1.29 is 68.2 Å². The molecule has 0 aromatic carbocycles. The summed E-state index contributed by atoms with van der Waals surface area (Å²) in [6.07, 6.45) is 28.4. The van der Waals surface area contributed by atoms with E-state index in [4.69, 9.17) is 18.5 Å². The number of hydrogen-bond donors (Lipinski definition) is 7. The molecule has 0 heterocycles. The molecule has 1 fully saturated rings. The average molecular weight is 899 g/mol. The Morgan fingerprint density at radius 2 is 1.11 bits per heavy atom. The number of ether oxygens (including phenoxy) is 2. The Labute approximate surface area is 370 Å². The van der Waals surface area contributed by atoms with Crippen molar-refractivity contribution in [2.45, 2.75) is 198 Å². The molecule has 356 valence electrons. The SMILES string of the molecule is CC/C=C\C/C=C\C/C=C\C/C=C\C=C/C(O)C/C=C\CCC(=O)OC[C@H](COP(=O)(O)OC1[C@H](O)[C@H](O)C(O)[C@H](O)[C@H]1O)OC(=O)CCCCCCCCCCCCCCC. The highest BCUT2D eigenvalue weighted by molar-refractivity contribution is 7.47. The van der Waals surface area contributed by atoms with Gasteiger partial charge in [-0.1, -0.05) is 164 Å². The Morgan fingerprint density at radius 1 is 0.597 bits per heavy atom. The summed E-state index contributed by atoms with van der Waals surface area (Å²) in [5, 5.41) is 60.3. The highest BCUT2D eigenvalue weighted by Crippen LogP contribution is 2.47. The maximum Gasteiger partial charge on any atom is 0.472 e. The van der Waals surface area contributed by atoms with E-state index in [0.29, 0.717) is 19.3 Å². The second-order valence-electron chi connectivity index (χ2n) is 15.7. The van der Waals surface area contributed by atoms with Crippen molar-refractivity contribution >= 4 is 19.8 Å². The van der Waals surface area contributed by atoms with Crippen molar-refractivity contribution in [1.29, 1.82) is 0 Å². The van der Waals surface area contributed by atoms with Crippen LogP contribution in [0.15, 0.2) is 72.9 Å². The fourth-order valence-electron chi connectivity index (χ4n) is 6.46. The first-order valence-corrected chi connectivity index (χ1v) is 24.3. The Kier molecular flexibility index (Phi) is 33.8. The largest absolute Gasteiger partial charge is 0.472 e. The first-order chi connectivity index (χ1) is 29.8. The van der Waals surface area contributed by atoms with Crippen LogP contribution in [0.1, 0.15) is 149 Å².